The lowest BCUT2D eigenvalue weighted by molar-refractivity contribution is -0.146. The van der Waals surface area contributed by atoms with E-state index in [2.05, 4.69) is 6.07 Å². The second-order valence-electron chi connectivity index (χ2n) is 11.8. The van der Waals surface area contributed by atoms with Gasteiger partial charge in [-0.25, -0.2) is 0 Å². The van der Waals surface area contributed by atoms with Crippen LogP contribution in [-0.2, 0) is 32.9 Å². The van der Waals surface area contributed by atoms with Crippen LogP contribution in [0.3, 0.4) is 0 Å². The molecule has 4 atom stereocenters. The van der Waals surface area contributed by atoms with Crippen LogP contribution in [0.4, 0.5) is 17.1 Å². The van der Waals surface area contributed by atoms with Gasteiger partial charge in [-0.2, -0.15) is 0 Å². The van der Waals surface area contributed by atoms with Gasteiger partial charge in [0.2, 0.25) is 5.91 Å². The second-order valence-corrected chi connectivity index (χ2v) is 15.8. The molecule has 1 spiro atoms. The van der Waals surface area contributed by atoms with Crippen LogP contribution in [0, 0.1) is 5.92 Å². The van der Waals surface area contributed by atoms with Gasteiger partial charge in [0, 0.05) is 35.7 Å². The predicted molar refractivity (Wildman–Crippen MR) is 157 cm³/mol. The number of nitrogens with zero attached hydrogens (tertiary/aromatic N) is 2. The van der Waals surface area contributed by atoms with Crippen molar-refractivity contribution >= 4 is 37.2 Å². The maximum absolute atomic E-state index is 14.3. The lowest BCUT2D eigenvalue weighted by atomic mass is 9.82. The fourth-order valence-corrected chi connectivity index (χ4v) is 9.83. The Labute approximate surface area is 236 Å². The minimum absolute atomic E-state index is 0.0651. The zero-order chi connectivity index (χ0) is 28.2. The molecule has 0 bridgehead atoms. The third kappa shape index (κ3) is 4.13. The summed E-state index contributed by atoms with van der Waals surface area (Å²) < 4.78 is 6.63. The van der Waals surface area contributed by atoms with E-state index in [1.807, 2.05) is 86.7 Å². The number of anilines is 3. The highest BCUT2D eigenvalue weighted by Crippen LogP contribution is 2.59. The number of ether oxygens (including phenoxy) is 1. The number of amides is 2. The lowest BCUT2D eigenvalue weighted by Gasteiger charge is -2.32. The minimum atomic E-state index is -2.72. The standard InChI is InChI=1S/C32H36N2O5Si/c1-21-30(40(2,3)38)28(18-19-35)39-32(21)25-9-5-7-11-27(25)33(31(32)37)20-22-12-15-24(16-13-22)34-26-10-6-4-8-23(26)14-17-29(34)36/h4-13,15-16,21,28,30,35,38H,14,17-20H2,1-3H3/t21-,28+,30-,32+/m0/s1. The normalized spacial score (nSPS) is 26.0. The van der Waals surface area contributed by atoms with Gasteiger partial charge in [-0.3, -0.25) is 14.5 Å². The fourth-order valence-electron chi connectivity index (χ4n) is 7.23. The maximum Gasteiger partial charge on any atom is 0.264 e. The number of hydrogen-bond donors (Lipinski definition) is 2. The highest BCUT2D eigenvalue weighted by molar-refractivity contribution is 6.71. The fraction of sp³-hybridized carbons (Fsp3) is 0.375. The Balaban J connectivity index is 1.32. The summed E-state index contributed by atoms with van der Waals surface area (Å²) in [5.74, 6) is -0.303. The molecule has 3 aromatic rings. The molecule has 3 aliphatic heterocycles. The summed E-state index contributed by atoms with van der Waals surface area (Å²) in [4.78, 5) is 42.0. The number of carbonyl (C=O) groups excluding carboxylic acids is 2. The minimum Gasteiger partial charge on any atom is -0.432 e. The first-order valence-corrected chi connectivity index (χ1v) is 17.1. The molecule has 7 nitrogen and oxygen atoms in total. The predicted octanol–water partition coefficient (Wildman–Crippen LogP) is 5.02. The number of para-hydroxylation sites is 2. The Morgan fingerprint density at radius 1 is 0.950 bits per heavy atom. The summed E-state index contributed by atoms with van der Waals surface area (Å²) in [5, 5.41) is 9.76. The molecule has 0 saturated carbocycles. The Kier molecular flexibility index (Phi) is 6.69. The van der Waals surface area contributed by atoms with Gasteiger partial charge in [0.25, 0.3) is 5.91 Å². The zero-order valence-corrected chi connectivity index (χ0v) is 24.2. The smallest absolute Gasteiger partial charge is 0.264 e. The van der Waals surface area contributed by atoms with Crippen molar-refractivity contribution in [2.45, 2.75) is 63.1 Å². The molecule has 0 aliphatic carbocycles. The van der Waals surface area contributed by atoms with Gasteiger partial charge >= 0.3 is 0 Å². The topological polar surface area (TPSA) is 90.3 Å². The Hall–Kier alpha value is -3.30. The van der Waals surface area contributed by atoms with Crippen molar-refractivity contribution in [3.8, 4) is 0 Å². The number of fused-ring (bicyclic) bond motifs is 3. The lowest BCUT2D eigenvalue weighted by Crippen LogP contribution is -2.46. The van der Waals surface area contributed by atoms with Crippen molar-refractivity contribution in [1.29, 1.82) is 0 Å². The first-order chi connectivity index (χ1) is 19.2. The molecule has 2 amide bonds. The molecule has 40 heavy (non-hydrogen) atoms. The molecular formula is C32H36N2O5Si. The van der Waals surface area contributed by atoms with E-state index in [-0.39, 0.29) is 29.9 Å². The molecule has 2 N–H and O–H groups in total. The molecule has 6 rings (SSSR count). The van der Waals surface area contributed by atoms with Gasteiger partial charge in [-0.1, -0.05) is 55.5 Å². The molecule has 3 aromatic carbocycles. The third-order valence-electron chi connectivity index (χ3n) is 8.93. The highest BCUT2D eigenvalue weighted by atomic mass is 28.4. The Bertz CT molecular complexity index is 1450. The SMILES string of the molecule is C[C@H]1[C@H]([Si](C)(C)O)[C@@H](CCO)O[C@]12C(=O)N(Cc1ccc(N3C(=O)CCc4ccccc43)cc1)c1ccccc12. The van der Waals surface area contributed by atoms with Gasteiger partial charge in [0.05, 0.1) is 24.0 Å². The first-order valence-electron chi connectivity index (χ1n) is 14.1. The van der Waals surface area contributed by atoms with Crippen molar-refractivity contribution in [2.24, 2.45) is 5.92 Å². The largest absolute Gasteiger partial charge is 0.432 e. The molecule has 3 heterocycles. The van der Waals surface area contributed by atoms with Crippen LogP contribution in [0.5, 0.6) is 0 Å². The van der Waals surface area contributed by atoms with Gasteiger partial charge in [-0.15, -0.1) is 0 Å². The number of benzene rings is 3. The van der Waals surface area contributed by atoms with Gasteiger partial charge in [0.1, 0.15) is 0 Å². The number of aliphatic hydroxyl groups excluding tert-OH is 1. The van der Waals surface area contributed by atoms with Crippen molar-refractivity contribution < 1.29 is 24.2 Å². The van der Waals surface area contributed by atoms with Crippen LogP contribution in [0.15, 0.2) is 72.8 Å². The number of carbonyl (C=O) groups is 2. The molecule has 1 saturated heterocycles. The van der Waals surface area contributed by atoms with Gasteiger partial charge in [0.15, 0.2) is 13.9 Å². The Morgan fingerprint density at radius 2 is 1.62 bits per heavy atom. The van der Waals surface area contributed by atoms with Crippen molar-refractivity contribution in [1.82, 2.24) is 0 Å². The summed E-state index contributed by atoms with van der Waals surface area (Å²) in [6.07, 6.45) is 1.21. The van der Waals surface area contributed by atoms with E-state index in [1.165, 1.54) is 0 Å². The zero-order valence-electron chi connectivity index (χ0n) is 23.2. The number of aryl methyl sites for hydroxylation is 1. The number of rotatable bonds is 6. The second kappa shape index (κ2) is 9.96. The van der Waals surface area contributed by atoms with E-state index in [0.29, 0.717) is 19.4 Å². The summed E-state index contributed by atoms with van der Waals surface area (Å²) >= 11 is 0. The molecule has 0 unspecified atom stereocenters. The maximum atomic E-state index is 14.3. The van der Waals surface area contributed by atoms with Crippen LogP contribution in [0.25, 0.3) is 0 Å². The van der Waals surface area contributed by atoms with Gasteiger partial charge in [-0.05, 0) is 61.3 Å². The average molecular weight is 557 g/mol. The van der Waals surface area contributed by atoms with Crippen molar-refractivity contribution in [2.75, 3.05) is 16.4 Å². The molecule has 0 aromatic heterocycles. The first kappa shape index (κ1) is 26.9. The van der Waals surface area contributed by atoms with E-state index >= 15 is 0 Å². The Morgan fingerprint density at radius 3 is 2.33 bits per heavy atom. The van der Waals surface area contributed by atoms with E-state index in [4.69, 9.17) is 4.74 Å². The summed E-state index contributed by atoms with van der Waals surface area (Å²) in [5.41, 5.74) is 4.07. The van der Waals surface area contributed by atoms with Crippen LogP contribution >= 0.6 is 0 Å². The monoisotopic (exact) mass is 556 g/mol. The van der Waals surface area contributed by atoms with Crippen molar-refractivity contribution in [3.63, 3.8) is 0 Å². The van der Waals surface area contributed by atoms with Crippen LogP contribution < -0.4 is 9.80 Å². The number of aliphatic hydroxyl groups is 1. The summed E-state index contributed by atoms with van der Waals surface area (Å²) in [7, 11) is -2.72. The van der Waals surface area contributed by atoms with Gasteiger partial charge < -0.3 is 19.5 Å². The molecule has 0 radical (unpaired) electrons. The summed E-state index contributed by atoms with van der Waals surface area (Å²) in [6, 6.07) is 23.6. The van der Waals surface area contributed by atoms with Crippen LogP contribution in [0.2, 0.25) is 18.6 Å². The van der Waals surface area contributed by atoms with E-state index in [0.717, 1.165) is 40.2 Å². The molecule has 208 valence electrons. The molecular weight excluding hydrogens is 520 g/mol. The quantitative estimate of drug-likeness (QED) is 0.416. The highest BCUT2D eigenvalue weighted by Gasteiger charge is 2.66. The van der Waals surface area contributed by atoms with E-state index in [1.54, 1.807) is 9.80 Å². The summed E-state index contributed by atoms with van der Waals surface area (Å²) in [6.45, 7) is 6.07. The van der Waals surface area contributed by atoms with Crippen LogP contribution in [-0.4, -0.2) is 42.7 Å². The average Bonchev–Trinajstić information content (AvgIpc) is 3.36. The van der Waals surface area contributed by atoms with E-state index in [9.17, 15) is 19.5 Å². The molecule has 3 aliphatic rings. The van der Waals surface area contributed by atoms with Crippen LogP contribution in [0.1, 0.15) is 36.5 Å². The van der Waals surface area contributed by atoms with E-state index < -0.39 is 20.0 Å². The third-order valence-corrected chi connectivity index (χ3v) is 11.4. The number of hydrogen-bond acceptors (Lipinski definition) is 5. The van der Waals surface area contributed by atoms with Crippen molar-refractivity contribution in [3.05, 3.63) is 89.5 Å². The molecule has 8 heteroatoms. The molecule has 1 fully saturated rings.